The fourth-order valence-electron chi connectivity index (χ4n) is 0.520. The van der Waals surface area contributed by atoms with Crippen LogP contribution in [0.2, 0.25) is 0 Å². The van der Waals surface area contributed by atoms with Crippen LogP contribution >= 0.6 is 0 Å². The molecule has 0 bridgehead atoms. The second-order valence-electron chi connectivity index (χ2n) is 1.59. The molecule has 0 aromatic carbocycles. The molecule has 0 aliphatic carbocycles. The zero-order valence-electron chi connectivity index (χ0n) is 4.68. The zero-order valence-corrected chi connectivity index (χ0v) is 4.68. The van der Waals surface area contributed by atoms with Gasteiger partial charge in [0, 0.05) is 0 Å². The zero-order chi connectivity index (χ0) is 5.98. The van der Waals surface area contributed by atoms with Crippen molar-refractivity contribution in [3.8, 4) is 0 Å². The van der Waals surface area contributed by atoms with Crippen molar-refractivity contribution in [2.75, 3.05) is 6.61 Å². The summed E-state index contributed by atoms with van der Waals surface area (Å²) >= 11 is 0. The Morgan fingerprint density at radius 1 is 1.88 bits per heavy atom. The Labute approximate surface area is 47.4 Å². The maximum absolute atomic E-state index is 10.2. The molecule has 0 aromatic heterocycles. The molecule has 0 saturated carbocycles. The average molecular weight is 113 g/mol. The molecule has 3 nitrogen and oxygen atoms in total. The van der Waals surface area contributed by atoms with Crippen LogP contribution in [0.15, 0.2) is 4.99 Å². The number of amides is 1. The monoisotopic (exact) mass is 113 g/mol. The van der Waals surface area contributed by atoms with E-state index in [-0.39, 0.29) is 0 Å². The van der Waals surface area contributed by atoms with Crippen molar-refractivity contribution < 1.29 is 9.53 Å². The topological polar surface area (TPSA) is 38.7 Å². The van der Waals surface area contributed by atoms with Gasteiger partial charge in [-0.1, -0.05) is 6.92 Å². The first-order valence-electron chi connectivity index (χ1n) is 2.56. The molecular formula is C5H7NO2. The quantitative estimate of drug-likeness (QED) is 0.508. The Kier molecular flexibility index (Phi) is 1.28. The van der Waals surface area contributed by atoms with Gasteiger partial charge in [-0.2, -0.15) is 4.99 Å². The molecule has 1 rings (SSSR count). The summed E-state index contributed by atoms with van der Waals surface area (Å²) in [5.74, 6) is 0. The third kappa shape index (κ3) is 0.857. The minimum Gasteiger partial charge on any atom is -0.442 e. The van der Waals surface area contributed by atoms with Crippen molar-refractivity contribution in [3.05, 3.63) is 0 Å². The van der Waals surface area contributed by atoms with Crippen molar-refractivity contribution >= 4 is 11.8 Å². The van der Waals surface area contributed by atoms with Crippen molar-refractivity contribution in [1.29, 1.82) is 0 Å². The van der Waals surface area contributed by atoms with E-state index in [9.17, 15) is 4.79 Å². The Balaban J connectivity index is 2.57. The highest BCUT2D eigenvalue weighted by Gasteiger charge is 2.11. The van der Waals surface area contributed by atoms with Crippen LogP contribution in [0, 0.1) is 0 Å². The van der Waals surface area contributed by atoms with Crippen LogP contribution in [-0.2, 0) is 4.74 Å². The van der Waals surface area contributed by atoms with E-state index in [0.29, 0.717) is 6.61 Å². The van der Waals surface area contributed by atoms with Gasteiger partial charge in [-0.05, 0) is 6.42 Å². The number of cyclic esters (lactones) is 1. The number of carbonyl (C=O) groups excluding carboxylic acids is 1. The van der Waals surface area contributed by atoms with Gasteiger partial charge >= 0.3 is 6.09 Å². The summed E-state index contributed by atoms with van der Waals surface area (Å²) in [7, 11) is 0. The van der Waals surface area contributed by atoms with Gasteiger partial charge in [0.2, 0.25) is 0 Å². The van der Waals surface area contributed by atoms with E-state index in [4.69, 9.17) is 0 Å². The summed E-state index contributed by atoms with van der Waals surface area (Å²) in [4.78, 5) is 13.8. The molecule has 0 aromatic rings. The van der Waals surface area contributed by atoms with E-state index in [0.717, 1.165) is 12.1 Å². The number of hydrogen-bond donors (Lipinski definition) is 0. The van der Waals surface area contributed by atoms with Crippen LogP contribution in [0.3, 0.4) is 0 Å². The number of hydrogen-bond acceptors (Lipinski definition) is 2. The van der Waals surface area contributed by atoms with Crippen LogP contribution in [0.25, 0.3) is 0 Å². The van der Waals surface area contributed by atoms with Crippen LogP contribution in [0.5, 0.6) is 0 Å². The second kappa shape index (κ2) is 1.94. The first kappa shape index (κ1) is 5.28. The minimum absolute atomic E-state index is 0.398. The lowest BCUT2D eigenvalue weighted by Crippen LogP contribution is -1.97. The van der Waals surface area contributed by atoms with Crippen molar-refractivity contribution in [2.24, 2.45) is 4.99 Å². The molecular weight excluding hydrogens is 106 g/mol. The predicted molar refractivity (Wildman–Crippen MR) is 29.1 cm³/mol. The van der Waals surface area contributed by atoms with Crippen molar-refractivity contribution in [3.63, 3.8) is 0 Å². The van der Waals surface area contributed by atoms with E-state index in [1.54, 1.807) is 0 Å². The molecule has 0 N–H and O–H groups in total. The fraction of sp³-hybridized carbons (Fsp3) is 0.600. The minimum atomic E-state index is -0.443. The summed E-state index contributed by atoms with van der Waals surface area (Å²) in [5.41, 5.74) is 0.843. The van der Waals surface area contributed by atoms with E-state index in [1.807, 2.05) is 6.92 Å². The van der Waals surface area contributed by atoms with Gasteiger partial charge in [0.05, 0.1) is 5.71 Å². The van der Waals surface area contributed by atoms with Crippen LogP contribution < -0.4 is 0 Å². The van der Waals surface area contributed by atoms with Gasteiger partial charge in [-0.25, -0.2) is 4.79 Å². The summed E-state index contributed by atoms with van der Waals surface area (Å²) in [6.45, 7) is 2.34. The molecule has 1 aliphatic rings. The third-order valence-electron chi connectivity index (χ3n) is 1.02. The summed E-state index contributed by atoms with van der Waals surface area (Å²) in [6, 6.07) is 0. The first-order valence-corrected chi connectivity index (χ1v) is 2.56. The van der Waals surface area contributed by atoms with Crippen molar-refractivity contribution in [1.82, 2.24) is 0 Å². The number of ether oxygens (including phenoxy) is 1. The molecule has 0 atom stereocenters. The number of aliphatic imine (C=N–C) groups is 1. The molecule has 0 unspecified atom stereocenters. The second-order valence-corrected chi connectivity index (χ2v) is 1.59. The maximum atomic E-state index is 10.2. The molecule has 1 heterocycles. The number of rotatable bonds is 1. The molecule has 0 radical (unpaired) electrons. The molecule has 1 aliphatic heterocycles. The largest absolute Gasteiger partial charge is 0.442 e. The molecule has 8 heavy (non-hydrogen) atoms. The fourth-order valence-corrected chi connectivity index (χ4v) is 0.520. The SMILES string of the molecule is CCC1=NC(=O)OC1. The molecule has 1 amide bonds. The third-order valence-corrected chi connectivity index (χ3v) is 1.02. The van der Waals surface area contributed by atoms with Crippen molar-refractivity contribution in [2.45, 2.75) is 13.3 Å². The molecule has 44 valence electrons. The van der Waals surface area contributed by atoms with E-state index in [1.165, 1.54) is 0 Å². The Morgan fingerprint density at radius 2 is 2.62 bits per heavy atom. The van der Waals surface area contributed by atoms with Gasteiger partial charge in [-0.3, -0.25) is 0 Å². The molecule has 0 fully saturated rings. The predicted octanol–water partition coefficient (Wildman–Crippen LogP) is 0.988. The van der Waals surface area contributed by atoms with Gasteiger partial charge in [0.25, 0.3) is 0 Å². The first-order chi connectivity index (χ1) is 3.83. The molecule has 0 saturated heterocycles. The highest BCUT2D eigenvalue weighted by atomic mass is 16.6. The van der Waals surface area contributed by atoms with E-state index < -0.39 is 6.09 Å². The van der Waals surface area contributed by atoms with Gasteiger partial charge in [0.1, 0.15) is 6.61 Å². The standard InChI is InChI=1S/C5H7NO2/c1-2-4-3-8-5(7)6-4/h2-3H2,1H3. The summed E-state index contributed by atoms with van der Waals surface area (Å²) < 4.78 is 4.51. The van der Waals surface area contributed by atoms with E-state index >= 15 is 0 Å². The Morgan fingerprint density at radius 3 is 2.88 bits per heavy atom. The average Bonchev–Trinajstić information content (AvgIpc) is 2.14. The lowest BCUT2D eigenvalue weighted by molar-refractivity contribution is 0.181. The lowest BCUT2D eigenvalue weighted by atomic mass is 10.3. The number of carbonyl (C=O) groups is 1. The van der Waals surface area contributed by atoms with Crippen LogP contribution in [-0.4, -0.2) is 18.4 Å². The number of nitrogens with zero attached hydrogens (tertiary/aromatic N) is 1. The van der Waals surface area contributed by atoms with Gasteiger partial charge in [-0.15, -0.1) is 0 Å². The smallest absolute Gasteiger partial charge is 0.433 e. The normalized spacial score (nSPS) is 18.1. The Hall–Kier alpha value is -0.860. The van der Waals surface area contributed by atoms with Crippen LogP contribution in [0.4, 0.5) is 4.79 Å². The highest BCUT2D eigenvalue weighted by molar-refractivity contribution is 5.98. The summed E-state index contributed by atoms with van der Waals surface area (Å²) in [6.07, 6.45) is 0.369. The van der Waals surface area contributed by atoms with Crippen LogP contribution in [0.1, 0.15) is 13.3 Å². The van der Waals surface area contributed by atoms with Gasteiger partial charge < -0.3 is 4.74 Å². The molecule has 3 heteroatoms. The van der Waals surface area contributed by atoms with Gasteiger partial charge in [0.15, 0.2) is 0 Å². The lowest BCUT2D eigenvalue weighted by Gasteiger charge is -1.85. The van der Waals surface area contributed by atoms with E-state index in [2.05, 4.69) is 9.73 Å². The summed E-state index contributed by atoms with van der Waals surface area (Å²) in [5, 5.41) is 0. The molecule has 0 spiro atoms. The Bertz CT molecular complexity index is 139. The highest BCUT2D eigenvalue weighted by Crippen LogP contribution is 1.99. The maximum Gasteiger partial charge on any atom is 0.433 e.